The molecule has 0 saturated heterocycles. The molecule has 0 unspecified atom stereocenters. The number of carbonyl (C=O) groups is 3. The number of fused-ring (bicyclic) bond motifs is 1. The van der Waals surface area contributed by atoms with Gasteiger partial charge in [0.2, 0.25) is 0 Å². The number of ketones is 1. The molecule has 1 aromatic heterocycles. The Kier molecular flexibility index (Phi) is 4.66. The molecule has 5 nitrogen and oxygen atoms in total. The summed E-state index contributed by atoms with van der Waals surface area (Å²) < 4.78 is 0. The minimum Gasteiger partial charge on any atom is -0.299 e. The fourth-order valence-corrected chi connectivity index (χ4v) is 2.99. The molecule has 2 heterocycles. The van der Waals surface area contributed by atoms with E-state index < -0.39 is 5.92 Å². The quantitative estimate of drug-likeness (QED) is 0.794. The summed E-state index contributed by atoms with van der Waals surface area (Å²) in [5.41, 5.74) is 0.215. The van der Waals surface area contributed by atoms with E-state index in [1.807, 2.05) is 41.5 Å². The fraction of sp³-hybridized carbons (Fsp3) is 0.579. The van der Waals surface area contributed by atoms with Crippen molar-refractivity contribution in [3.05, 3.63) is 29.6 Å². The van der Waals surface area contributed by atoms with Crippen molar-refractivity contribution in [3.63, 3.8) is 0 Å². The Morgan fingerprint density at radius 1 is 1.08 bits per heavy atom. The van der Waals surface area contributed by atoms with Crippen LogP contribution in [-0.2, 0) is 4.79 Å². The average molecular weight is 330 g/mol. The van der Waals surface area contributed by atoms with Gasteiger partial charge in [0.1, 0.15) is 5.78 Å². The Bertz CT molecular complexity index is 646. The standard InChI is InChI=1S/C19H26N2O3/c1-18(2,3)9-15(22)14(19(4,5)6)11-21-16(23)12-7-8-20-10-13(12)17(21)24/h7-8,10,14H,9,11H2,1-6H3/t14-/m0/s1. The largest absolute Gasteiger partial charge is 0.299 e. The minimum atomic E-state index is -0.396. The van der Waals surface area contributed by atoms with E-state index in [9.17, 15) is 14.4 Å². The third-order valence-corrected chi connectivity index (χ3v) is 4.28. The van der Waals surface area contributed by atoms with Gasteiger partial charge in [-0.2, -0.15) is 0 Å². The molecule has 130 valence electrons. The predicted molar refractivity (Wildman–Crippen MR) is 91.6 cm³/mol. The molecule has 24 heavy (non-hydrogen) atoms. The van der Waals surface area contributed by atoms with Crippen molar-refractivity contribution >= 4 is 17.6 Å². The van der Waals surface area contributed by atoms with Gasteiger partial charge in [0.25, 0.3) is 11.8 Å². The minimum absolute atomic E-state index is 0.0877. The number of nitrogens with zero attached hydrogens (tertiary/aromatic N) is 2. The number of Topliss-reactive ketones (excluding diaryl/α,β-unsaturated/α-hetero) is 1. The van der Waals surface area contributed by atoms with Crippen molar-refractivity contribution in [2.75, 3.05) is 6.54 Å². The maximum Gasteiger partial charge on any atom is 0.263 e. The maximum atomic E-state index is 12.8. The SMILES string of the molecule is CC(C)(C)CC(=O)[C@H](CN1C(=O)c2ccncc2C1=O)C(C)(C)C. The highest BCUT2D eigenvalue weighted by molar-refractivity contribution is 6.21. The van der Waals surface area contributed by atoms with Crippen LogP contribution in [0, 0.1) is 16.7 Å². The van der Waals surface area contributed by atoms with Crippen LogP contribution in [0.2, 0.25) is 0 Å². The monoisotopic (exact) mass is 330 g/mol. The molecule has 1 aliphatic rings. The number of amides is 2. The normalized spacial score (nSPS) is 16.3. The van der Waals surface area contributed by atoms with Crippen LogP contribution >= 0.6 is 0 Å². The van der Waals surface area contributed by atoms with Gasteiger partial charge in [-0.3, -0.25) is 24.3 Å². The van der Waals surface area contributed by atoms with Crippen LogP contribution in [0.1, 0.15) is 68.7 Å². The molecule has 0 aromatic carbocycles. The van der Waals surface area contributed by atoms with Crippen LogP contribution in [0.25, 0.3) is 0 Å². The summed E-state index contributed by atoms with van der Waals surface area (Å²) in [5, 5.41) is 0. The lowest BCUT2D eigenvalue weighted by Crippen LogP contribution is -2.43. The Balaban J connectivity index is 2.27. The van der Waals surface area contributed by atoms with Crippen LogP contribution in [0.3, 0.4) is 0 Å². The summed E-state index contributed by atoms with van der Waals surface area (Å²) in [4.78, 5) is 43.0. The van der Waals surface area contributed by atoms with E-state index in [-0.39, 0.29) is 35.0 Å². The lowest BCUT2D eigenvalue weighted by Gasteiger charge is -2.33. The molecule has 0 aliphatic carbocycles. The first-order valence-electron chi connectivity index (χ1n) is 8.25. The molecular formula is C19H26N2O3. The molecule has 0 N–H and O–H groups in total. The van der Waals surface area contributed by atoms with Gasteiger partial charge >= 0.3 is 0 Å². The summed E-state index contributed by atoms with van der Waals surface area (Å²) in [6.07, 6.45) is 3.33. The summed E-state index contributed by atoms with van der Waals surface area (Å²) in [5.74, 6) is -1.01. The van der Waals surface area contributed by atoms with Gasteiger partial charge in [0.15, 0.2) is 0 Å². The molecule has 0 radical (unpaired) electrons. The highest BCUT2D eigenvalue weighted by atomic mass is 16.2. The first-order valence-corrected chi connectivity index (χ1v) is 8.25. The lowest BCUT2D eigenvalue weighted by molar-refractivity contribution is -0.128. The van der Waals surface area contributed by atoms with Crippen molar-refractivity contribution in [2.24, 2.45) is 16.7 Å². The highest BCUT2D eigenvalue weighted by Gasteiger charge is 2.41. The molecule has 1 atom stereocenters. The molecule has 0 spiro atoms. The predicted octanol–water partition coefficient (Wildman–Crippen LogP) is 3.35. The Morgan fingerprint density at radius 3 is 2.17 bits per heavy atom. The second-order valence-electron chi connectivity index (χ2n) is 8.76. The average Bonchev–Trinajstić information content (AvgIpc) is 2.66. The molecule has 0 fully saturated rings. The number of carbonyl (C=O) groups excluding carboxylic acids is 3. The van der Waals surface area contributed by atoms with Gasteiger partial charge in [-0.1, -0.05) is 41.5 Å². The van der Waals surface area contributed by atoms with Gasteiger partial charge in [-0.05, 0) is 16.9 Å². The van der Waals surface area contributed by atoms with Crippen LogP contribution in [0.5, 0.6) is 0 Å². The molecule has 2 amide bonds. The van der Waals surface area contributed by atoms with Gasteiger partial charge < -0.3 is 0 Å². The van der Waals surface area contributed by atoms with Crippen molar-refractivity contribution in [2.45, 2.75) is 48.0 Å². The molecule has 2 rings (SSSR count). The number of pyridine rings is 1. The Morgan fingerprint density at radius 2 is 1.67 bits per heavy atom. The third-order valence-electron chi connectivity index (χ3n) is 4.28. The van der Waals surface area contributed by atoms with E-state index in [0.717, 1.165) is 0 Å². The fourth-order valence-electron chi connectivity index (χ4n) is 2.99. The zero-order valence-electron chi connectivity index (χ0n) is 15.3. The molecule has 0 bridgehead atoms. The van der Waals surface area contributed by atoms with Crippen LogP contribution in [0.15, 0.2) is 18.5 Å². The number of rotatable bonds is 4. The van der Waals surface area contributed by atoms with E-state index >= 15 is 0 Å². The molecular weight excluding hydrogens is 304 g/mol. The maximum absolute atomic E-state index is 12.8. The van der Waals surface area contributed by atoms with E-state index in [2.05, 4.69) is 4.98 Å². The Labute approximate surface area is 143 Å². The Hall–Kier alpha value is -2.04. The van der Waals surface area contributed by atoms with Gasteiger partial charge in [-0.15, -0.1) is 0 Å². The van der Waals surface area contributed by atoms with Crippen molar-refractivity contribution in [3.8, 4) is 0 Å². The second-order valence-corrected chi connectivity index (χ2v) is 8.76. The smallest absolute Gasteiger partial charge is 0.263 e. The molecule has 1 aromatic rings. The number of imide groups is 1. The van der Waals surface area contributed by atoms with Crippen LogP contribution in [0.4, 0.5) is 0 Å². The summed E-state index contributed by atoms with van der Waals surface area (Å²) in [6.45, 7) is 12.1. The van der Waals surface area contributed by atoms with Crippen LogP contribution < -0.4 is 0 Å². The zero-order chi connectivity index (χ0) is 18.3. The molecule has 1 aliphatic heterocycles. The van der Waals surface area contributed by atoms with Gasteiger partial charge in [0, 0.05) is 31.3 Å². The second kappa shape index (κ2) is 6.11. The third kappa shape index (κ3) is 3.71. The topological polar surface area (TPSA) is 67.3 Å². The number of aromatic nitrogens is 1. The highest BCUT2D eigenvalue weighted by Crippen LogP contribution is 2.34. The van der Waals surface area contributed by atoms with E-state index in [1.165, 1.54) is 17.3 Å². The van der Waals surface area contributed by atoms with E-state index in [0.29, 0.717) is 17.5 Å². The molecule has 0 saturated carbocycles. The van der Waals surface area contributed by atoms with E-state index in [4.69, 9.17) is 0 Å². The first kappa shape index (κ1) is 18.3. The van der Waals surface area contributed by atoms with E-state index in [1.54, 1.807) is 6.07 Å². The van der Waals surface area contributed by atoms with Crippen molar-refractivity contribution in [1.29, 1.82) is 0 Å². The first-order chi connectivity index (χ1) is 10.9. The van der Waals surface area contributed by atoms with Crippen molar-refractivity contribution < 1.29 is 14.4 Å². The van der Waals surface area contributed by atoms with Crippen LogP contribution in [-0.4, -0.2) is 34.0 Å². The summed E-state index contributed by atoms with van der Waals surface area (Å²) in [7, 11) is 0. The number of hydrogen-bond donors (Lipinski definition) is 0. The zero-order valence-corrected chi connectivity index (χ0v) is 15.3. The lowest BCUT2D eigenvalue weighted by atomic mass is 9.74. The van der Waals surface area contributed by atoms with Gasteiger partial charge in [0.05, 0.1) is 11.1 Å². The van der Waals surface area contributed by atoms with Gasteiger partial charge in [-0.25, -0.2) is 0 Å². The summed E-state index contributed by atoms with van der Waals surface area (Å²) in [6, 6.07) is 1.55. The number of hydrogen-bond acceptors (Lipinski definition) is 4. The molecule has 5 heteroatoms. The van der Waals surface area contributed by atoms with Crippen molar-refractivity contribution in [1.82, 2.24) is 9.88 Å². The summed E-state index contributed by atoms with van der Waals surface area (Å²) >= 11 is 0.